The van der Waals surface area contributed by atoms with E-state index >= 15 is 0 Å². The minimum Gasteiger partial charge on any atom is -0.313 e. The first-order chi connectivity index (χ1) is 7.19. The van der Waals surface area contributed by atoms with Crippen LogP contribution >= 0.6 is 0 Å². The fourth-order valence-electron chi connectivity index (χ4n) is 1.46. The lowest BCUT2D eigenvalue weighted by Gasteiger charge is -2.16. The van der Waals surface area contributed by atoms with Crippen LogP contribution in [0.2, 0.25) is 0 Å². The minimum atomic E-state index is -0.438. The number of rotatable bonds is 4. The van der Waals surface area contributed by atoms with E-state index in [0.29, 0.717) is 18.4 Å². The second-order valence-electron chi connectivity index (χ2n) is 3.25. The first-order valence-corrected chi connectivity index (χ1v) is 4.74. The van der Waals surface area contributed by atoms with Gasteiger partial charge in [0.25, 0.3) is 0 Å². The van der Waals surface area contributed by atoms with E-state index < -0.39 is 11.6 Å². The molecule has 1 atom stereocenters. The molecular formula is C12H13F2N. The Kier molecular flexibility index (Phi) is 4.26. The maximum atomic E-state index is 13.4. The third kappa shape index (κ3) is 3.03. The van der Waals surface area contributed by atoms with Gasteiger partial charge < -0.3 is 5.32 Å². The van der Waals surface area contributed by atoms with Crippen LogP contribution in [0.5, 0.6) is 0 Å². The molecule has 1 N–H and O–H groups in total. The molecule has 0 saturated heterocycles. The third-order valence-corrected chi connectivity index (χ3v) is 2.26. The maximum Gasteiger partial charge on any atom is 0.128 e. The van der Waals surface area contributed by atoms with Crippen LogP contribution in [-0.2, 0) is 0 Å². The Morgan fingerprint density at radius 2 is 2.20 bits per heavy atom. The van der Waals surface area contributed by atoms with Gasteiger partial charge in [-0.15, -0.1) is 12.3 Å². The molecular weight excluding hydrogens is 196 g/mol. The predicted molar refractivity (Wildman–Crippen MR) is 56.2 cm³/mol. The summed E-state index contributed by atoms with van der Waals surface area (Å²) < 4.78 is 26.3. The zero-order valence-corrected chi connectivity index (χ0v) is 8.56. The van der Waals surface area contributed by atoms with Crippen LogP contribution < -0.4 is 5.32 Å². The molecule has 1 rings (SSSR count). The molecule has 0 radical (unpaired) electrons. The summed E-state index contributed by atoms with van der Waals surface area (Å²) in [7, 11) is 1.70. The van der Waals surface area contributed by atoms with Gasteiger partial charge in [0.15, 0.2) is 0 Å². The van der Waals surface area contributed by atoms with E-state index in [1.54, 1.807) is 7.05 Å². The van der Waals surface area contributed by atoms with Crippen molar-refractivity contribution in [2.24, 2.45) is 0 Å². The van der Waals surface area contributed by atoms with Crippen molar-refractivity contribution in [3.8, 4) is 12.3 Å². The molecule has 0 spiro atoms. The van der Waals surface area contributed by atoms with Crippen LogP contribution in [0.1, 0.15) is 24.4 Å². The molecule has 1 nitrogen and oxygen atoms in total. The Hall–Kier alpha value is -1.40. The standard InChI is InChI=1S/C12H13F2N/c1-3-4-5-12(15-2)10-8-9(13)6-7-11(10)14/h1,6-8,12,15H,4-5H2,2H3. The van der Waals surface area contributed by atoms with E-state index in [-0.39, 0.29) is 6.04 Å². The second-order valence-corrected chi connectivity index (χ2v) is 3.25. The van der Waals surface area contributed by atoms with Crippen molar-refractivity contribution >= 4 is 0 Å². The van der Waals surface area contributed by atoms with Crippen molar-refractivity contribution in [2.45, 2.75) is 18.9 Å². The topological polar surface area (TPSA) is 12.0 Å². The summed E-state index contributed by atoms with van der Waals surface area (Å²) >= 11 is 0. The lowest BCUT2D eigenvalue weighted by molar-refractivity contribution is 0.506. The molecule has 0 amide bonds. The van der Waals surface area contributed by atoms with E-state index in [0.717, 1.165) is 12.1 Å². The molecule has 1 aromatic carbocycles. The Morgan fingerprint density at radius 3 is 2.80 bits per heavy atom. The number of halogens is 2. The highest BCUT2D eigenvalue weighted by molar-refractivity contribution is 5.22. The molecule has 1 aromatic rings. The van der Waals surface area contributed by atoms with Crippen molar-refractivity contribution in [1.29, 1.82) is 0 Å². The highest BCUT2D eigenvalue weighted by atomic mass is 19.1. The largest absolute Gasteiger partial charge is 0.313 e. The van der Waals surface area contributed by atoms with Gasteiger partial charge in [-0.25, -0.2) is 8.78 Å². The summed E-state index contributed by atoms with van der Waals surface area (Å²) in [5, 5.41) is 2.92. The van der Waals surface area contributed by atoms with Crippen molar-refractivity contribution in [3.05, 3.63) is 35.4 Å². The Balaban J connectivity index is 2.91. The molecule has 0 aliphatic rings. The van der Waals surface area contributed by atoms with Gasteiger partial charge >= 0.3 is 0 Å². The van der Waals surface area contributed by atoms with Gasteiger partial charge in [0, 0.05) is 18.0 Å². The Morgan fingerprint density at radius 1 is 1.47 bits per heavy atom. The van der Waals surface area contributed by atoms with E-state index in [9.17, 15) is 8.78 Å². The number of hydrogen-bond acceptors (Lipinski definition) is 1. The van der Waals surface area contributed by atoms with Gasteiger partial charge in [0.05, 0.1) is 0 Å². The number of hydrogen-bond donors (Lipinski definition) is 1. The SMILES string of the molecule is C#CCCC(NC)c1cc(F)ccc1F. The van der Waals surface area contributed by atoms with Gasteiger partial charge in [-0.05, 0) is 31.7 Å². The first-order valence-electron chi connectivity index (χ1n) is 4.74. The van der Waals surface area contributed by atoms with Gasteiger partial charge in [0.2, 0.25) is 0 Å². The van der Waals surface area contributed by atoms with Gasteiger partial charge in [0.1, 0.15) is 11.6 Å². The van der Waals surface area contributed by atoms with Crippen LogP contribution in [0, 0.1) is 24.0 Å². The first kappa shape index (κ1) is 11.7. The summed E-state index contributed by atoms with van der Waals surface area (Å²) in [5.74, 6) is 1.63. The second kappa shape index (κ2) is 5.47. The molecule has 0 aromatic heterocycles. The number of terminal acetylenes is 1. The summed E-state index contributed by atoms with van der Waals surface area (Å²) in [6.45, 7) is 0. The van der Waals surface area contributed by atoms with Crippen LogP contribution in [-0.4, -0.2) is 7.05 Å². The summed E-state index contributed by atoms with van der Waals surface area (Å²) in [5.41, 5.74) is 0.327. The summed E-state index contributed by atoms with van der Waals surface area (Å²) in [4.78, 5) is 0. The van der Waals surface area contributed by atoms with Crippen molar-refractivity contribution in [3.63, 3.8) is 0 Å². The van der Waals surface area contributed by atoms with Crippen LogP contribution in [0.4, 0.5) is 8.78 Å². The monoisotopic (exact) mass is 209 g/mol. The molecule has 80 valence electrons. The molecule has 0 aliphatic heterocycles. The molecule has 15 heavy (non-hydrogen) atoms. The van der Waals surface area contributed by atoms with E-state index in [2.05, 4.69) is 11.2 Å². The summed E-state index contributed by atoms with van der Waals surface area (Å²) in [6, 6.07) is 3.20. The van der Waals surface area contributed by atoms with E-state index in [1.807, 2.05) is 0 Å². The fourth-order valence-corrected chi connectivity index (χ4v) is 1.46. The van der Waals surface area contributed by atoms with Crippen molar-refractivity contribution in [2.75, 3.05) is 7.05 Å². The highest BCUT2D eigenvalue weighted by Gasteiger charge is 2.13. The van der Waals surface area contributed by atoms with Crippen molar-refractivity contribution < 1.29 is 8.78 Å². The zero-order chi connectivity index (χ0) is 11.3. The zero-order valence-electron chi connectivity index (χ0n) is 8.56. The lowest BCUT2D eigenvalue weighted by Crippen LogP contribution is -2.17. The average molecular weight is 209 g/mol. The molecule has 0 heterocycles. The average Bonchev–Trinajstić information content (AvgIpc) is 2.24. The Labute approximate surface area is 88.5 Å². The highest BCUT2D eigenvalue weighted by Crippen LogP contribution is 2.21. The normalized spacial score (nSPS) is 12.1. The van der Waals surface area contributed by atoms with Gasteiger partial charge in [-0.1, -0.05) is 0 Å². The minimum absolute atomic E-state index is 0.239. The van der Waals surface area contributed by atoms with Crippen LogP contribution in [0.15, 0.2) is 18.2 Å². The molecule has 0 aliphatic carbocycles. The fraction of sp³-hybridized carbons (Fsp3) is 0.333. The predicted octanol–water partition coefficient (Wildman–Crippen LogP) is 2.64. The molecule has 0 bridgehead atoms. The third-order valence-electron chi connectivity index (χ3n) is 2.26. The van der Waals surface area contributed by atoms with Gasteiger partial charge in [-0.3, -0.25) is 0 Å². The van der Waals surface area contributed by atoms with Crippen molar-refractivity contribution in [1.82, 2.24) is 5.32 Å². The van der Waals surface area contributed by atoms with E-state index in [4.69, 9.17) is 6.42 Å². The van der Waals surface area contributed by atoms with Crippen LogP contribution in [0.25, 0.3) is 0 Å². The maximum absolute atomic E-state index is 13.4. The quantitative estimate of drug-likeness (QED) is 0.752. The van der Waals surface area contributed by atoms with Crippen LogP contribution in [0.3, 0.4) is 0 Å². The molecule has 3 heteroatoms. The molecule has 1 unspecified atom stereocenters. The lowest BCUT2D eigenvalue weighted by atomic mass is 10.0. The molecule has 0 saturated carbocycles. The molecule has 0 fully saturated rings. The van der Waals surface area contributed by atoms with Gasteiger partial charge in [-0.2, -0.15) is 0 Å². The smallest absolute Gasteiger partial charge is 0.128 e. The number of benzene rings is 1. The van der Waals surface area contributed by atoms with E-state index in [1.165, 1.54) is 6.07 Å². The number of nitrogens with one attached hydrogen (secondary N) is 1. The Bertz CT molecular complexity index is 368. The summed E-state index contributed by atoms with van der Waals surface area (Å²) in [6.07, 6.45) is 6.25.